The van der Waals surface area contributed by atoms with E-state index in [0.717, 1.165) is 27.6 Å². The fraction of sp³-hybridized carbons (Fsp3) is 0.364. The molecule has 0 spiro atoms. The summed E-state index contributed by atoms with van der Waals surface area (Å²) < 4.78 is 1.14. The van der Waals surface area contributed by atoms with Crippen molar-refractivity contribution in [2.45, 2.75) is 25.2 Å². The number of hydrogen-bond acceptors (Lipinski definition) is 5. The molecule has 0 aliphatic rings. The minimum Gasteiger partial charge on any atom is -0.308 e. The van der Waals surface area contributed by atoms with Gasteiger partial charge in [0, 0.05) is 30.2 Å². The van der Waals surface area contributed by atoms with Gasteiger partial charge in [-0.2, -0.15) is 0 Å². The molecule has 0 bridgehead atoms. The van der Waals surface area contributed by atoms with Gasteiger partial charge in [0.25, 0.3) is 0 Å². The number of carbonyl (C=O) groups is 1. The van der Waals surface area contributed by atoms with Crippen LogP contribution in [-0.2, 0) is 4.79 Å². The summed E-state index contributed by atoms with van der Waals surface area (Å²) in [5.74, 6) is 0.906. The Morgan fingerprint density at radius 1 is 1.07 bits per heavy atom. The van der Waals surface area contributed by atoms with E-state index < -0.39 is 0 Å². The van der Waals surface area contributed by atoms with Gasteiger partial charge in [0.1, 0.15) is 0 Å². The molecule has 1 amide bonds. The molecule has 0 aliphatic heterocycles. The number of carbonyl (C=O) groups excluding carboxylic acids is 1. The number of hydrogen-bond donors (Lipinski definition) is 0. The number of aromatic nitrogens is 1. The minimum absolute atomic E-state index is 0. The third-order valence-electron chi connectivity index (χ3n) is 4.70. The maximum Gasteiger partial charge on any atom is 0.229 e. The van der Waals surface area contributed by atoms with Gasteiger partial charge >= 0.3 is 0 Å². The Morgan fingerprint density at radius 2 is 1.79 bits per heavy atom. The normalized spacial score (nSPS) is 10.9. The van der Waals surface area contributed by atoms with Gasteiger partial charge in [0.2, 0.25) is 5.91 Å². The lowest BCUT2D eigenvalue weighted by Crippen LogP contribution is -2.36. The number of benzene rings is 2. The average molecular weight is 450 g/mol. The highest BCUT2D eigenvalue weighted by Gasteiger charge is 2.20. The molecule has 0 atom stereocenters. The molecule has 29 heavy (non-hydrogen) atoms. The smallest absolute Gasteiger partial charge is 0.229 e. The van der Waals surface area contributed by atoms with Crippen molar-refractivity contribution < 1.29 is 4.79 Å². The number of nitrogens with zero attached hydrogens (tertiary/aromatic N) is 3. The second kappa shape index (κ2) is 11.0. The number of thioether (sulfide) groups is 1. The Bertz CT molecular complexity index is 944. The van der Waals surface area contributed by atoms with E-state index in [0.29, 0.717) is 13.0 Å². The molecule has 156 valence electrons. The highest BCUT2D eigenvalue weighted by Crippen LogP contribution is 2.32. The second-order valence-electron chi connectivity index (χ2n) is 7.11. The highest BCUT2D eigenvalue weighted by atomic mass is 35.5. The van der Waals surface area contributed by atoms with Crippen molar-refractivity contribution in [2.24, 2.45) is 0 Å². The lowest BCUT2D eigenvalue weighted by Gasteiger charge is -2.22. The largest absolute Gasteiger partial charge is 0.308 e. The SMILES string of the molecule is Cc1ccc2sc(N(CCN(C)C)C(=O)CCSc3ccccc3)nc2c1C.Cl. The number of amides is 1. The molecule has 0 radical (unpaired) electrons. The predicted octanol–water partition coefficient (Wildman–Crippen LogP) is 5.41. The lowest BCUT2D eigenvalue weighted by atomic mass is 10.1. The first kappa shape index (κ1) is 23.7. The molecule has 0 fully saturated rings. The maximum atomic E-state index is 13.0. The predicted molar refractivity (Wildman–Crippen MR) is 129 cm³/mol. The van der Waals surface area contributed by atoms with Crippen molar-refractivity contribution in [3.05, 3.63) is 53.6 Å². The van der Waals surface area contributed by atoms with Crippen molar-refractivity contribution >= 4 is 56.8 Å². The molecule has 0 N–H and O–H groups in total. The van der Waals surface area contributed by atoms with Gasteiger partial charge < -0.3 is 4.90 Å². The summed E-state index contributed by atoms with van der Waals surface area (Å²) >= 11 is 3.33. The van der Waals surface area contributed by atoms with Gasteiger partial charge in [-0.1, -0.05) is 35.6 Å². The van der Waals surface area contributed by atoms with Crippen LogP contribution in [0, 0.1) is 13.8 Å². The van der Waals surface area contributed by atoms with Gasteiger partial charge in [-0.3, -0.25) is 9.69 Å². The standard InChI is InChI=1S/C22H27N3OS2.ClH/c1-16-10-11-19-21(17(16)2)23-22(28-19)25(14-13-24(3)4)20(26)12-15-27-18-8-6-5-7-9-18;/h5-11H,12-15H2,1-4H3;1H. The van der Waals surface area contributed by atoms with Crippen molar-refractivity contribution in [3.63, 3.8) is 0 Å². The van der Waals surface area contributed by atoms with Crippen LogP contribution in [0.2, 0.25) is 0 Å². The Morgan fingerprint density at radius 3 is 2.48 bits per heavy atom. The van der Waals surface area contributed by atoms with Crippen LogP contribution < -0.4 is 4.90 Å². The molecule has 0 saturated carbocycles. The van der Waals surface area contributed by atoms with E-state index in [1.54, 1.807) is 23.1 Å². The molecule has 0 saturated heterocycles. The van der Waals surface area contributed by atoms with E-state index in [4.69, 9.17) is 4.98 Å². The lowest BCUT2D eigenvalue weighted by molar-refractivity contribution is -0.118. The van der Waals surface area contributed by atoms with Crippen molar-refractivity contribution in [1.82, 2.24) is 9.88 Å². The number of anilines is 1. The molecule has 0 aliphatic carbocycles. The molecule has 0 unspecified atom stereocenters. The van der Waals surface area contributed by atoms with E-state index in [-0.39, 0.29) is 18.3 Å². The van der Waals surface area contributed by atoms with Gasteiger partial charge in [-0.05, 0) is 57.3 Å². The van der Waals surface area contributed by atoms with Gasteiger partial charge in [-0.15, -0.1) is 24.2 Å². The Kier molecular flexibility index (Phi) is 8.96. The third kappa shape index (κ3) is 6.19. The van der Waals surface area contributed by atoms with Crippen LogP contribution in [0.5, 0.6) is 0 Å². The van der Waals surface area contributed by atoms with Crippen molar-refractivity contribution in [3.8, 4) is 0 Å². The van der Waals surface area contributed by atoms with Crippen LogP contribution >= 0.6 is 35.5 Å². The van der Waals surface area contributed by atoms with E-state index in [2.05, 4.69) is 43.0 Å². The topological polar surface area (TPSA) is 36.4 Å². The molecule has 3 rings (SSSR count). The quantitative estimate of drug-likeness (QED) is 0.430. The first-order valence-corrected chi connectivity index (χ1v) is 11.3. The number of halogens is 1. The zero-order valence-corrected chi connectivity index (χ0v) is 19.8. The van der Waals surface area contributed by atoms with Crippen molar-refractivity contribution in [1.29, 1.82) is 0 Å². The first-order chi connectivity index (χ1) is 13.5. The average Bonchev–Trinajstić information content (AvgIpc) is 3.10. The molecular weight excluding hydrogens is 422 g/mol. The van der Waals surface area contributed by atoms with Crippen molar-refractivity contribution in [2.75, 3.05) is 37.8 Å². The Balaban J connectivity index is 0.00000300. The fourth-order valence-electron chi connectivity index (χ4n) is 2.86. The molecule has 1 heterocycles. The monoisotopic (exact) mass is 449 g/mol. The number of likely N-dealkylation sites (N-methyl/N-ethyl adjacent to an activating group) is 1. The number of rotatable bonds is 8. The van der Waals surface area contributed by atoms with Gasteiger partial charge in [-0.25, -0.2) is 4.98 Å². The molecule has 3 aromatic rings. The first-order valence-electron chi connectivity index (χ1n) is 9.45. The Hall–Kier alpha value is -1.60. The molecular formula is C22H28ClN3OS2. The van der Waals surface area contributed by atoms with Crippen LogP contribution in [0.15, 0.2) is 47.4 Å². The summed E-state index contributed by atoms with van der Waals surface area (Å²) in [7, 11) is 4.06. The third-order valence-corrected chi connectivity index (χ3v) is 6.76. The summed E-state index contributed by atoms with van der Waals surface area (Å²) in [5, 5.41) is 0.806. The van der Waals surface area contributed by atoms with Gasteiger partial charge in [0.15, 0.2) is 5.13 Å². The van der Waals surface area contributed by atoms with E-state index in [1.807, 2.05) is 37.2 Å². The van der Waals surface area contributed by atoms with Gasteiger partial charge in [0.05, 0.1) is 10.2 Å². The fourth-order valence-corrected chi connectivity index (χ4v) is 4.80. The molecule has 4 nitrogen and oxygen atoms in total. The van der Waals surface area contributed by atoms with Crippen LogP contribution in [0.25, 0.3) is 10.2 Å². The minimum atomic E-state index is 0. The van der Waals surface area contributed by atoms with Crippen LogP contribution in [0.4, 0.5) is 5.13 Å². The molecule has 1 aromatic heterocycles. The zero-order valence-electron chi connectivity index (χ0n) is 17.3. The Labute approximate surface area is 187 Å². The molecule has 2 aromatic carbocycles. The van der Waals surface area contributed by atoms with Crippen LogP contribution in [0.1, 0.15) is 17.5 Å². The summed E-state index contributed by atoms with van der Waals surface area (Å²) in [6.45, 7) is 5.67. The van der Waals surface area contributed by atoms with E-state index >= 15 is 0 Å². The second-order valence-corrected chi connectivity index (χ2v) is 9.29. The number of thiazole rings is 1. The number of aryl methyl sites for hydroxylation is 2. The van der Waals surface area contributed by atoms with Crippen LogP contribution in [0.3, 0.4) is 0 Å². The highest BCUT2D eigenvalue weighted by molar-refractivity contribution is 7.99. The van der Waals surface area contributed by atoms with Crippen LogP contribution in [-0.4, -0.2) is 48.7 Å². The number of fused-ring (bicyclic) bond motifs is 1. The zero-order chi connectivity index (χ0) is 20.1. The summed E-state index contributed by atoms with van der Waals surface area (Å²) in [6.07, 6.45) is 0.501. The summed E-state index contributed by atoms with van der Waals surface area (Å²) in [5.41, 5.74) is 3.44. The summed E-state index contributed by atoms with van der Waals surface area (Å²) in [6, 6.07) is 14.5. The van der Waals surface area contributed by atoms with E-state index in [1.165, 1.54) is 16.0 Å². The molecule has 7 heteroatoms. The maximum absolute atomic E-state index is 13.0. The van der Waals surface area contributed by atoms with E-state index in [9.17, 15) is 4.79 Å². The summed E-state index contributed by atoms with van der Waals surface area (Å²) in [4.78, 5) is 23.0.